The number of hydrogen-bond acceptors (Lipinski definition) is 2. The molecular weight excluding hydrogens is 308 g/mol. The average molecular weight is 338 g/mol. The van der Waals surface area contributed by atoms with Crippen LogP contribution in [0.4, 0.5) is 0 Å². The van der Waals surface area contributed by atoms with Crippen LogP contribution >= 0.6 is 0 Å². The van der Waals surface area contributed by atoms with Crippen molar-refractivity contribution in [1.29, 1.82) is 0 Å². The Labute approximate surface area is 152 Å². The summed E-state index contributed by atoms with van der Waals surface area (Å²) in [5.41, 5.74) is 3.16. The van der Waals surface area contributed by atoms with E-state index >= 15 is 0 Å². The highest BCUT2D eigenvalue weighted by Crippen LogP contribution is 2.16. The zero-order valence-electron chi connectivity index (χ0n) is 15.6. The number of rotatable bonds is 10. The third-order valence-corrected chi connectivity index (χ3v) is 4.43. The molecule has 0 spiro atoms. The van der Waals surface area contributed by atoms with E-state index < -0.39 is 0 Å². The van der Waals surface area contributed by atoms with Gasteiger partial charge in [0.2, 0.25) is 0 Å². The fourth-order valence-corrected chi connectivity index (χ4v) is 2.92. The number of unbranched alkanes of at least 4 members (excludes halogenated alkanes) is 4. The molecule has 0 saturated heterocycles. The zero-order valence-corrected chi connectivity index (χ0v) is 15.6. The summed E-state index contributed by atoms with van der Waals surface area (Å²) < 4.78 is 5.46. The lowest BCUT2D eigenvalue weighted by molar-refractivity contribution is 0.0734. The van der Waals surface area contributed by atoms with Crippen molar-refractivity contribution in [2.45, 2.75) is 65.2 Å². The van der Waals surface area contributed by atoms with Crippen molar-refractivity contribution >= 4 is 5.97 Å². The molecule has 0 aromatic heterocycles. The van der Waals surface area contributed by atoms with Gasteiger partial charge >= 0.3 is 5.97 Å². The average Bonchev–Trinajstić information content (AvgIpc) is 2.64. The fraction of sp³-hybridized carbons (Fsp3) is 0.435. The lowest BCUT2D eigenvalue weighted by Gasteiger charge is -2.07. The fourth-order valence-electron chi connectivity index (χ4n) is 2.92. The maximum atomic E-state index is 12.2. The van der Waals surface area contributed by atoms with E-state index in [1.165, 1.54) is 43.2 Å². The molecule has 0 unspecified atom stereocenters. The third kappa shape index (κ3) is 6.74. The molecule has 0 bridgehead atoms. The Morgan fingerprint density at radius 1 is 0.720 bits per heavy atom. The molecule has 0 aliphatic rings. The number of carbonyl (C=O) groups excluding carboxylic acids is 1. The molecule has 0 amide bonds. The minimum absolute atomic E-state index is 0.294. The molecular formula is C23H30O2. The number of aryl methyl sites for hydroxylation is 2. The number of esters is 1. The number of benzene rings is 2. The zero-order chi connectivity index (χ0) is 17.9. The van der Waals surface area contributed by atoms with E-state index in [0.717, 1.165) is 19.3 Å². The highest BCUT2D eigenvalue weighted by atomic mass is 16.5. The summed E-state index contributed by atoms with van der Waals surface area (Å²) in [7, 11) is 0. The first-order chi connectivity index (χ1) is 12.2. The minimum atomic E-state index is -0.294. The molecule has 0 radical (unpaired) electrons. The molecule has 0 aliphatic heterocycles. The summed E-state index contributed by atoms with van der Waals surface area (Å²) in [6.45, 7) is 4.39. The maximum Gasteiger partial charge on any atom is 0.343 e. The predicted octanol–water partition coefficient (Wildman–Crippen LogP) is 6.37. The van der Waals surface area contributed by atoms with Crippen LogP contribution in [0.15, 0.2) is 48.5 Å². The second-order valence-corrected chi connectivity index (χ2v) is 6.64. The Morgan fingerprint density at radius 2 is 1.32 bits per heavy atom. The van der Waals surface area contributed by atoms with Crippen LogP contribution in [0.2, 0.25) is 0 Å². The third-order valence-electron chi connectivity index (χ3n) is 4.43. The van der Waals surface area contributed by atoms with Crippen molar-refractivity contribution in [3.63, 3.8) is 0 Å². The molecule has 2 rings (SSSR count). The van der Waals surface area contributed by atoms with Gasteiger partial charge in [-0.3, -0.25) is 0 Å². The maximum absolute atomic E-state index is 12.2. The molecule has 0 heterocycles. The van der Waals surface area contributed by atoms with Crippen LogP contribution in [0.5, 0.6) is 5.75 Å². The molecule has 2 aromatic carbocycles. The first-order valence-corrected chi connectivity index (χ1v) is 9.63. The van der Waals surface area contributed by atoms with Crippen molar-refractivity contribution in [3.8, 4) is 5.75 Å². The Balaban J connectivity index is 1.83. The first-order valence-electron chi connectivity index (χ1n) is 9.63. The Hall–Kier alpha value is -2.09. The first kappa shape index (κ1) is 19.2. The summed E-state index contributed by atoms with van der Waals surface area (Å²) in [6.07, 6.45) is 9.66. The van der Waals surface area contributed by atoms with Crippen molar-refractivity contribution in [2.75, 3.05) is 0 Å². The lowest BCUT2D eigenvalue weighted by atomic mass is 10.0. The lowest BCUT2D eigenvalue weighted by Crippen LogP contribution is -2.08. The van der Waals surface area contributed by atoms with Gasteiger partial charge in [0.25, 0.3) is 0 Å². The monoisotopic (exact) mass is 338 g/mol. The summed E-state index contributed by atoms with van der Waals surface area (Å²) in [5.74, 6) is 0.308. The minimum Gasteiger partial charge on any atom is -0.423 e. The number of hydrogen-bond donors (Lipinski definition) is 0. The van der Waals surface area contributed by atoms with Gasteiger partial charge in [0.15, 0.2) is 0 Å². The van der Waals surface area contributed by atoms with Crippen LogP contribution in [0.1, 0.15) is 73.9 Å². The standard InChI is InChI=1S/C23H30O2/c1-3-5-6-7-8-10-20-11-15-21(16-12-20)23(24)25-22-17-13-19(9-4-2)14-18-22/h11-18H,3-10H2,1-2H3. The van der Waals surface area contributed by atoms with Crippen LogP contribution in [0.25, 0.3) is 0 Å². The van der Waals surface area contributed by atoms with Crippen molar-refractivity contribution in [1.82, 2.24) is 0 Å². The van der Waals surface area contributed by atoms with Crippen LogP contribution < -0.4 is 4.74 Å². The summed E-state index contributed by atoms with van der Waals surface area (Å²) >= 11 is 0. The summed E-state index contributed by atoms with van der Waals surface area (Å²) in [6, 6.07) is 15.6. The van der Waals surface area contributed by atoms with Crippen molar-refractivity contribution in [2.24, 2.45) is 0 Å². The molecule has 0 saturated carbocycles. The molecule has 0 N–H and O–H groups in total. The SMILES string of the molecule is CCCCCCCc1ccc(C(=O)Oc2ccc(CCC)cc2)cc1. The number of carbonyl (C=O) groups is 1. The van der Waals surface area contributed by atoms with Gasteiger partial charge in [0.05, 0.1) is 5.56 Å². The Morgan fingerprint density at radius 3 is 1.96 bits per heavy atom. The second kappa shape index (κ2) is 10.7. The van der Waals surface area contributed by atoms with Crippen LogP contribution in [0.3, 0.4) is 0 Å². The molecule has 2 nitrogen and oxygen atoms in total. The number of ether oxygens (including phenoxy) is 1. The van der Waals surface area contributed by atoms with Gasteiger partial charge in [0, 0.05) is 0 Å². The van der Waals surface area contributed by atoms with Crippen LogP contribution in [0, 0.1) is 0 Å². The second-order valence-electron chi connectivity index (χ2n) is 6.64. The summed E-state index contributed by atoms with van der Waals surface area (Å²) in [5, 5.41) is 0. The Kier molecular flexibility index (Phi) is 8.24. The van der Waals surface area contributed by atoms with Gasteiger partial charge in [-0.25, -0.2) is 4.79 Å². The van der Waals surface area contributed by atoms with E-state index in [1.54, 1.807) is 0 Å². The van der Waals surface area contributed by atoms with Gasteiger partial charge < -0.3 is 4.74 Å². The van der Waals surface area contributed by atoms with E-state index in [-0.39, 0.29) is 5.97 Å². The van der Waals surface area contributed by atoms with Crippen molar-refractivity contribution in [3.05, 3.63) is 65.2 Å². The van der Waals surface area contributed by atoms with E-state index in [1.807, 2.05) is 48.5 Å². The quantitative estimate of drug-likeness (QED) is 0.286. The predicted molar refractivity (Wildman–Crippen MR) is 104 cm³/mol. The highest BCUT2D eigenvalue weighted by Gasteiger charge is 2.08. The highest BCUT2D eigenvalue weighted by molar-refractivity contribution is 5.91. The molecule has 2 heteroatoms. The summed E-state index contributed by atoms with van der Waals surface area (Å²) in [4.78, 5) is 12.2. The molecule has 2 aromatic rings. The Bertz CT molecular complexity index is 626. The van der Waals surface area contributed by atoms with Gasteiger partial charge in [-0.1, -0.05) is 70.2 Å². The molecule has 0 aliphatic carbocycles. The van der Waals surface area contributed by atoms with E-state index in [2.05, 4.69) is 13.8 Å². The molecule has 0 atom stereocenters. The largest absolute Gasteiger partial charge is 0.423 e. The van der Waals surface area contributed by atoms with Crippen LogP contribution in [-0.2, 0) is 12.8 Å². The van der Waals surface area contributed by atoms with Gasteiger partial charge in [0.1, 0.15) is 5.75 Å². The van der Waals surface area contributed by atoms with E-state index in [9.17, 15) is 4.79 Å². The molecule has 25 heavy (non-hydrogen) atoms. The van der Waals surface area contributed by atoms with Crippen molar-refractivity contribution < 1.29 is 9.53 Å². The van der Waals surface area contributed by atoms with Gasteiger partial charge in [-0.2, -0.15) is 0 Å². The molecule has 134 valence electrons. The van der Waals surface area contributed by atoms with Crippen LogP contribution in [-0.4, -0.2) is 5.97 Å². The smallest absolute Gasteiger partial charge is 0.343 e. The molecule has 0 fully saturated rings. The van der Waals surface area contributed by atoms with E-state index in [4.69, 9.17) is 4.74 Å². The normalized spacial score (nSPS) is 10.6. The van der Waals surface area contributed by atoms with E-state index in [0.29, 0.717) is 11.3 Å². The topological polar surface area (TPSA) is 26.3 Å². The van der Waals surface area contributed by atoms with Gasteiger partial charge in [-0.15, -0.1) is 0 Å². The van der Waals surface area contributed by atoms with Gasteiger partial charge in [-0.05, 0) is 54.7 Å².